The number of pyridine rings is 1. The van der Waals surface area contributed by atoms with Crippen molar-refractivity contribution in [2.45, 2.75) is 32.4 Å². The fourth-order valence-electron chi connectivity index (χ4n) is 2.57. The van der Waals surface area contributed by atoms with E-state index in [2.05, 4.69) is 27.6 Å². The number of likely N-dealkylation sites (tertiary alicyclic amines) is 1. The molecule has 1 saturated heterocycles. The Hall–Kier alpha value is -1.79. The summed E-state index contributed by atoms with van der Waals surface area (Å²) in [4.78, 5) is 22.5. The molecule has 2 aromatic rings. The molecule has 1 aliphatic rings. The Morgan fingerprint density at radius 2 is 2.36 bits per heavy atom. The second-order valence-corrected chi connectivity index (χ2v) is 6.44. The Labute approximate surface area is 134 Å². The van der Waals surface area contributed by atoms with Gasteiger partial charge in [0.05, 0.1) is 11.4 Å². The van der Waals surface area contributed by atoms with E-state index >= 15 is 0 Å². The lowest BCUT2D eigenvalue weighted by Crippen LogP contribution is -2.39. The number of nitrogens with one attached hydrogen (secondary N) is 1. The van der Waals surface area contributed by atoms with Gasteiger partial charge in [0, 0.05) is 43.7 Å². The molecule has 0 radical (unpaired) electrons. The molecular formula is C16H20N4OS. The van der Waals surface area contributed by atoms with Crippen LogP contribution in [0, 0.1) is 0 Å². The first kappa shape index (κ1) is 15.1. The maximum Gasteiger partial charge on any atom is 0.222 e. The zero-order valence-electron chi connectivity index (χ0n) is 12.7. The van der Waals surface area contributed by atoms with Crippen molar-refractivity contribution in [2.24, 2.45) is 0 Å². The highest BCUT2D eigenvalue weighted by Gasteiger charge is 2.21. The minimum absolute atomic E-state index is 0.266. The smallest absolute Gasteiger partial charge is 0.222 e. The fraction of sp³-hybridized carbons (Fsp3) is 0.438. The van der Waals surface area contributed by atoms with Gasteiger partial charge in [0.1, 0.15) is 5.01 Å². The third-order valence-corrected chi connectivity index (χ3v) is 4.65. The molecule has 3 heterocycles. The number of aromatic nitrogens is 2. The number of hydrogen-bond donors (Lipinski definition) is 1. The summed E-state index contributed by atoms with van der Waals surface area (Å²) in [5.74, 6) is 0.278. The number of hydrogen-bond acceptors (Lipinski definition) is 5. The molecule has 6 heteroatoms. The lowest BCUT2D eigenvalue weighted by Gasteiger charge is -2.21. The van der Waals surface area contributed by atoms with Crippen LogP contribution in [0.3, 0.4) is 0 Å². The third-order valence-electron chi connectivity index (χ3n) is 3.73. The summed E-state index contributed by atoms with van der Waals surface area (Å²) in [6.45, 7) is 4.49. The largest absolute Gasteiger partial charge is 0.341 e. The van der Waals surface area contributed by atoms with Crippen LogP contribution < -0.4 is 5.32 Å². The van der Waals surface area contributed by atoms with Crippen LogP contribution >= 0.6 is 11.3 Å². The van der Waals surface area contributed by atoms with Gasteiger partial charge in [-0.1, -0.05) is 6.07 Å². The van der Waals surface area contributed by atoms with E-state index in [-0.39, 0.29) is 11.9 Å². The van der Waals surface area contributed by atoms with Gasteiger partial charge in [-0.15, -0.1) is 11.3 Å². The van der Waals surface area contributed by atoms with Crippen LogP contribution in [-0.4, -0.2) is 39.9 Å². The van der Waals surface area contributed by atoms with Crippen molar-refractivity contribution in [1.29, 1.82) is 0 Å². The first-order chi connectivity index (χ1) is 10.7. The Morgan fingerprint density at radius 1 is 1.45 bits per heavy atom. The summed E-state index contributed by atoms with van der Waals surface area (Å²) in [7, 11) is 0. The monoisotopic (exact) mass is 316 g/mol. The molecule has 1 fully saturated rings. The van der Waals surface area contributed by atoms with Crippen molar-refractivity contribution >= 4 is 17.2 Å². The van der Waals surface area contributed by atoms with E-state index < -0.39 is 0 Å². The molecule has 1 amide bonds. The lowest BCUT2D eigenvalue weighted by atomic mass is 10.3. The van der Waals surface area contributed by atoms with Gasteiger partial charge in [-0.05, 0) is 25.5 Å². The van der Waals surface area contributed by atoms with Gasteiger partial charge < -0.3 is 10.2 Å². The highest BCUT2D eigenvalue weighted by Crippen LogP contribution is 2.21. The van der Waals surface area contributed by atoms with Crippen molar-refractivity contribution < 1.29 is 4.79 Å². The SMILES string of the molecule is C[C@H](CN1CCCC1=O)NCc1csc(-c2ccccn2)n1. The highest BCUT2D eigenvalue weighted by atomic mass is 32.1. The molecule has 0 aliphatic carbocycles. The molecule has 0 aromatic carbocycles. The predicted octanol–water partition coefficient (Wildman–Crippen LogP) is 2.31. The van der Waals surface area contributed by atoms with Gasteiger partial charge in [-0.25, -0.2) is 4.98 Å². The number of carbonyl (C=O) groups excluding carboxylic acids is 1. The standard InChI is InChI=1S/C16H20N4OS/c1-12(10-20-8-4-6-15(20)21)18-9-13-11-22-16(19-13)14-5-2-3-7-17-14/h2-3,5,7,11-12,18H,4,6,8-10H2,1H3/t12-/m1/s1. The van der Waals surface area contributed by atoms with Gasteiger partial charge >= 0.3 is 0 Å². The second kappa shape index (κ2) is 6.98. The maximum atomic E-state index is 11.6. The normalized spacial score (nSPS) is 16.2. The summed E-state index contributed by atoms with van der Waals surface area (Å²) in [5.41, 5.74) is 1.93. The second-order valence-electron chi connectivity index (χ2n) is 5.58. The van der Waals surface area contributed by atoms with Crippen molar-refractivity contribution in [3.63, 3.8) is 0 Å². The van der Waals surface area contributed by atoms with Crippen molar-refractivity contribution in [1.82, 2.24) is 20.2 Å². The summed E-state index contributed by atoms with van der Waals surface area (Å²) in [6.07, 6.45) is 3.47. The first-order valence-corrected chi connectivity index (χ1v) is 8.47. The fourth-order valence-corrected chi connectivity index (χ4v) is 3.36. The van der Waals surface area contributed by atoms with Crippen LogP contribution in [0.5, 0.6) is 0 Å². The van der Waals surface area contributed by atoms with E-state index in [0.717, 1.165) is 35.9 Å². The molecular weight excluding hydrogens is 296 g/mol. The van der Waals surface area contributed by atoms with Crippen LogP contribution in [-0.2, 0) is 11.3 Å². The van der Waals surface area contributed by atoms with E-state index in [4.69, 9.17) is 0 Å². The highest BCUT2D eigenvalue weighted by molar-refractivity contribution is 7.13. The van der Waals surface area contributed by atoms with E-state index in [1.165, 1.54) is 0 Å². The number of carbonyl (C=O) groups is 1. The molecule has 0 saturated carbocycles. The quantitative estimate of drug-likeness (QED) is 0.888. The predicted molar refractivity (Wildman–Crippen MR) is 87.5 cm³/mol. The third kappa shape index (κ3) is 3.69. The number of amides is 1. The molecule has 1 aliphatic heterocycles. The van der Waals surface area contributed by atoms with Crippen molar-refractivity contribution in [3.05, 3.63) is 35.5 Å². The van der Waals surface area contributed by atoms with E-state index in [9.17, 15) is 4.79 Å². The van der Waals surface area contributed by atoms with E-state index in [0.29, 0.717) is 13.0 Å². The lowest BCUT2D eigenvalue weighted by molar-refractivity contribution is -0.127. The minimum Gasteiger partial charge on any atom is -0.341 e. The van der Waals surface area contributed by atoms with Gasteiger partial charge in [0.15, 0.2) is 0 Å². The molecule has 1 atom stereocenters. The molecule has 1 N–H and O–H groups in total. The van der Waals surface area contributed by atoms with Crippen molar-refractivity contribution in [2.75, 3.05) is 13.1 Å². The summed E-state index contributed by atoms with van der Waals surface area (Å²) in [6, 6.07) is 6.11. The average molecular weight is 316 g/mol. The Balaban J connectivity index is 1.51. The average Bonchev–Trinajstić information content (AvgIpc) is 3.16. The van der Waals surface area contributed by atoms with Gasteiger partial charge in [0.25, 0.3) is 0 Å². The van der Waals surface area contributed by atoms with Gasteiger partial charge in [0.2, 0.25) is 5.91 Å². The van der Waals surface area contributed by atoms with Gasteiger partial charge in [-0.3, -0.25) is 9.78 Å². The Bertz CT molecular complexity index is 628. The zero-order chi connectivity index (χ0) is 15.4. The first-order valence-electron chi connectivity index (χ1n) is 7.59. The van der Waals surface area contributed by atoms with E-state index in [1.807, 2.05) is 23.1 Å². The zero-order valence-corrected chi connectivity index (χ0v) is 13.5. The molecule has 0 bridgehead atoms. The molecule has 0 spiro atoms. The number of rotatable bonds is 6. The molecule has 3 rings (SSSR count). The Kier molecular flexibility index (Phi) is 4.80. The summed E-state index contributed by atoms with van der Waals surface area (Å²) in [5, 5.41) is 6.45. The van der Waals surface area contributed by atoms with Crippen LogP contribution in [0.15, 0.2) is 29.8 Å². The molecule has 5 nitrogen and oxygen atoms in total. The maximum absolute atomic E-state index is 11.6. The van der Waals surface area contributed by atoms with Crippen LogP contribution in [0.1, 0.15) is 25.5 Å². The van der Waals surface area contributed by atoms with Crippen molar-refractivity contribution in [3.8, 4) is 10.7 Å². The molecule has 2 aromatic heterocycles. The summed E-state index contributed by atoms with van der Waals surface area (Å²) < 4.78 is 0. The van der Waals surface area contributed by atoms with Crippen LogP contribution in [0.25, 0.3) is 10.7 Å². The molecule has 22 heavy (non-hydrogen) atoms. The minimum atomic E-state index is 0.266. The topological polar surface area (TPSA) is 58.1 Å². The summed E-state index contributed by atoms with van der Waals surface area (Å²) >= 11 is 1.61. The van der Waals surface area contributed by atoms with Crippen LogP contribution in [0.2, 0.25) is 0 Å². The number of thiazole rings is 1. The van der Waals surface area contributed by atoms with Gasteiger partial charge in [-0.2, -0.15) is 0 Å². The van der Waals surface area contributed by atoms with E-state index in [1.54, 1.807) is 17.5 Å². The van der Waals surface area contributed by atoms with Crippen LogP contribution in [0.4, 0.5) is 0 Å². The molecule has 0 unspecified atom stereocenters. The Morgan fingerprint density at radius 3 is 3.09 bits per heavy atom. The number of nitrogens with zero attached hydrogens (tertiary/aromatic N) is 3. The molecule has 116 valence electrons.